The molecule has 0 aliphatic rings. The number of hydrogen-bond acceptors (Lipinski definition) is 4. The summed E-state index contributed by atoms with van der Waals surface area (Å²) in [7, 11) is 0. The summed E-state index contributed by atoms with van der Waals surface area (Å²) >= 11 is 12.5. The molecule has 2 heterocycles. The maximum Gasteiger partial charge on any atom is 0.343 e. The largest absolute Gasteiger partial charge is 0.462 e. The lowest BCUT2D eigenvalue weighted by Gasteiger charge is -2.13. The van der Waals surface area contributed by atoms with Crippen molar-refractivity contribution in [3.05, 3.63) is 76.5 Å². The molecule has 2 aromatic heterocycles. The summed E-state index contributed by atoms with van der Waals surface area (Å²) in [6.07, 6.45) is 3.17. The minimum Gasteiger partial charge on any atom is -0.462 e. The third-order valence-corrected chi connectivity index (χ3v) is 4.89. The van der Waals surface area contributed by atoms with Crippen LogP contribution in [0.1, 0.15) is 17.3 Å². The predicted molar refractivity (Wildman–Crippen MR) is 110 cm³/mol. The van der Waals surface area contributed by atoms with E-state index in [2.05, 4.69) is 10.1 Å². The molecule has 0 amide bonds. The first-order valence-electron chi connectivity index (χ1n) is 8.65. The predicted octanol–water partition coefficient (Wildman–Crippen LogP) is 5.55. The lowest BCUT2D eigenvalue weighted by Crippen LogP contribution is -2.06. The molecule has 2 aromatic carbocycles. The van der Waals surface area contributed by atoms with Crippen LogP contribution >= 0.6 is 23.2 Å². The second-order valence-corrected chi connectivity index (χ2v) is 6.86. The number of carbonyl (C=O) groups excluding carboxylic acids is 1. The smallest absolute Gasteiger partial charge is 0.343 e. The van der Waals surface area contributed by atoms with Crippen LogP contribution in [0.25, 0.3) is 28.0 Å². The highest BCUT2D eigenvalue weighted by molar-refractivity contribution is 6.33. The number of nitrogens with zero attached hydrogens (tertiary/aromatic N) is 3. The van der Waals surface area contributed by atoms with E-state index in [-0.39, 0.29) is 6.61 Å². The van der Waals surface area contributed by atoms with Gasteiger partial charge in [0, 0.05) is 32.9 Å². The highest BCUT2D eigenvalue weighted by atomic mass is 35.5. The zero-order valence-electron chi connectivity index (χ0n) is 14.9. The van der Waals surface area contributed by atoms with Gasteiger partial charge in [-0.2, -0.15) is 5.10 Å². The zero-order valence-corrected chi connectivity index (χ0v) is 16.4. The van der Waals surface area contributed by atoms with Crippen molar-refractivity contribution in [1.29, 1.82) is 0 Å². The summed E-state index contributed by atoms with van der Waals surface area (Å²) in [5, 5.41) is 5.63. The van der Waals surface area contributed by atoms with Crippen LogP contribution in [0.3, 0.4) is 0 Å². The molecule has 0 spiro atoms. The average Bonchev–Trinajstić information content (AvgIpc) is 3.13. The number of halogens is 2. The molecule has 5 nitrogen and oxygen atoms in total. The SMILES string of the molecule is CCOC(=O)c1cnn2c(-c3ccc(Cl)cc3)c(-c3ccccc3Cl)cnc12. The number of esters is 1. The molecule has 4 rings (SSSR count). The Morgan fingerprint density at radius 2 is 1.79 bits per heavy atom. The number of aromatic nitrogens is 3. The van der Waals surface area contributed by atoms with Crippen LogP contribution < -0.4 is 0 Å². The molecule has 4 aromatic rings. The Kier molecular flexibility index (Phi) is 5.03. The van der Waals surface area contributed by atoms with Crippen molar-refractivity contribution in [3.63, 3.8) is 0 Å². The first-order valence-corrected chi connectivity index (χ1v) is 9.40. The monoisotopic (exact) mass is 411 g/mol. The van der Waals surface area contributed by atoms with Crippen LogP contribution in [-0.4, -0.2) is 27.2 Å². The molecule has 0 aliphatic carbocycles. The first-order chi connectivity index (χ1) is 13.6. The van der Waals surface area contributed by atoms with E-state index in [1.165, 1.54) is 6.20 Å². The Labute approximate surface area is 171 Å². The average molecular weight is 412 g/mol. The van der Waals surface area contributed by atoms with Gasteiger partial charge < -0.3 is 4.74 Å². The van der Waals surface area contributed by atoms with Gasteiger partial charge in [-0.1, -0.05) is 53.5 Å². The van der Waals surface area contributed by atoms with E-state index in [1.54, 1.807) is 29.8 Å². The van der Waals surface area contributed by atoms with E-state index in [9.17, 15) is 4.79 Å². The van der Waals surface area contributed by atoms with Gasteiger partial charge in [0.05, 0.1) is 18.5 Å². The lowest BCUT2D eigenvalue weighted by atomic mass is 10.0. The normalized spacial score (nSPS) is 11.0. The van der Waals surface area contributed by atoms with Crippen molar-refractivity contribution < 1.29 is 9.53 Å². The maximum absolute atomic E-state index is 12.3. The quantitative estimate of drug-likeness (QED) is 0.413. The molecule has 28 heavy (non-hydrogen) atoms. The number of carbonyl (C=O) groups is 1. The highest BCUT2D eigenvalue weighted by Gasteiger charge is 2.21. The van der Waals surface area contributed by atoms with Gasteiger partial charge in [0.15, 0.2) is 5.65 Å². The molecule has 0 unspecified atom stereocenters. The fourth-order valence-corrected chi connectivity index (χ4v) is 3.41. The van der Waals surface area contributed by atoms with Gasteiger partial charge in [-0.15, -0.1) is 0 Å². The van der Waals surface area contributed by atoms with Crippen LogP contribution in [0.2, 0.25) is 10.0 Å². The van der Waals surface area contributed by atoms with Crippen LogP contribution in [0, 0.1) is 0 Å². The molecule has 0 saturated carbocycles. The number of ether oxygens (including phenoxy) is 1. The summed E-state index contributed by atoms with van der Waals surface area (Å²) in [5.74, 6) is -0.461. The van der Waals surface area contributed by atoms with E-state index in [4.69, 9.17) is 27.9 Å². The van der Waals surface area contributed by atoms with Gasteiger partial charge in [-0.3, -0.25) is 0 Å². The first kappa shape index (κ1) is 18.5. The van der Waals surface area contributed by atoms with Crippen molar-refractivity contribution >= 4 is 34.8 Å². The van der Waals surface area contributed by atoms with E-state index in [0.717, 1.165) is 22.4 Å². The molecule has 0 fully saturated rings. The Morgan fingerprint density at radius 1 is 1.04 bits per heavy atom. The topological polar surface area (TPSA) is 56.5 Å². The Morgan fingerprint density at radius 3 is 2.50 bits per heavy atom. The van der Waals surface area contributed by atoms with E-state index < -0.39 is 5.97 Å². The van der Waals surface area contributed by atoms with Gasteiger partial charge in [0.25, 0.3) is 0 Å². The van der Waals surface area contributed by atoms with Gasteiger partial charge in [-0.05, 0) is 25.1 Å². The van der Waals surface area contributed by atoms with Gasteiger partial charge in [0.1, 0.15) is 5.56 Å². The van der Waals surface area contributed by atoms with Crippen LogP contribution in [-0.2, 0) is 4.74 Å². The number of rotatable bonds is 4. The Balaban J connectivity index is 2.02. The standard InChI is InChI=1S/C21H15Cl2N3O2/c1-2-28-21(27)17-12-25-26-19(13-7-9-14(22)10-8-13)16(11-24-20(17)26)15-5-3-4-6-18(15)23/h3-12H,2H2,1H3. The second kappa shape index (κ2) is 7.62. The summed E-state index contributed by atoms with van der Waals surface area (Å²) in [6, 6.07) is 14.9. The number of fused-ring (bicyclic) bond motifs is 1. The van der Waals surface area contributed by atoms with Gasteiger partial charge in [-0.25, -0.2) is 14.3 Å². The molecule has 140 valence electrons. The van der Waals surface area contributed by atoms with Gasteiger partial charge in [0.2, 0.25) is 0 Å². The van der Waals surface area contributed by atoms with E-state index >= 15 is 0 Å². The molecule has 0 atom stereocenters. The third-order valence-electron chi connectivity index (χ3n) is 4.30. The van der Waals surface area contributed by atoms with Crippen molar-refractivity contribution in [2.24, 2.45) is 0 Å². The molecule has 0 bridgehead atoms. The summed E-state index contributed by atoms with van der Waals surface area (Å²) < 4.78 is 6.75. The Hall–Kier alpha value is -2.89. The lowest BCUT2D eigenvalue weighted by molar-refractivity contribution is 0.0528. The molecular weight excluding hydrogens is 397 g/mol. The minimum atomic E-state index is -0.461. The molecule has 0 saturated heterocycles. The van der Waals surface area contributed by atoms with E-state index in [1.807, 2.05) is 36.4 Å². The summed E-state index contributed by atoms with van der Waals surface area (Å²) in [4.78, 5) is 16.7. The van der Waals surface area contributed by atoms with Crippen molar-refractivity contribution in [3.8, 4) is 22.4 Å². The maximum atomic E-state index is 12.3. The summed E-state index contributed by atoms with van der Waals surface area (Å²) in [6.45, 7) is 2.03. The van der Waals surface area contributed by atoms with Crippen LogP contribution in [0.15, 0.2) is 60.9 Å². The van der Waals surface area contributed by atoms with Crippen molar-refractivity contribution in [1.82, 2.24) is 14.6 Å². The number of hydrogen-bond donors (Lipinski definition) is 0. The van der Waals surface area contributed by atoms with Crippen molar-refractivity contribution in [2.75, 3.05) is 6.61 Å². The number of benzene rings is 2. The van der Waals surface area contributed by atoms with Crippen molar-refractivity contribution in [2.45, 2.75) is 6.92 Å². The minimum absolute atomic E-state index is 0.276. The van der Waals surface area contributed by atoms with E-state index in [0.29, 0.717) is 21.3 Å². The fraction of sp³-hybridized carbons (Fsp3) is 0.0952. The van der Waals surface area contributed by atoms with Gasteiger partial charge >= 0.3 is 5.97 Å². The zero-order chi connectivity index (χ0) is 19.7. The Bertz CT molecular complexity index is 1170. The molecule has 0 N–H and O–H groups in total. The molecular formula is C21H15Cl2N3O2. The molecule has 7 heteroatoms. The third kappa shape index (κ3) is 3.23. The molecule has 0 aliphatic heterocycles. The fourth-order valence-electron chi connectivity index (χ4n) is 3.05. The summed E-state index contributed by atoms with van der Waals surface area (Å²) in [5.41, 5.74) is 3.95. The van der Waals surface area contributed by atoms with Crippen LogP contribution in [0.5, 0.6) is 0 Å². The molecule has 0 radical (unpaired) electrons. The highest BCUT2D eigenvalue weighted by Crippen LogP contribution is 2.36. The second-order valence-electron chi connectivity index (χ2n) is 6.02. The van der Waals surface area contributed by atoms with Crippen LogP contribution in [0.4, 0.5) is 0 Å².